The molecule has 0 saturated heterocycles. The van der Waals surface area contributed by atoms with Gasteiger partial charge in [0.1, 0.15) is 6.61 Å². The molecule has 0 unspecified atom stereocenters. The highest BCUT2D eigenvalue weighted by atomic mass is 32.2. The Bertz CT molecular complexity index is 779. The number of sulfonamides is 1. The van der Waals surface area contributed by atoms with Crippen LogP contribution in [0.1, 0.15) is 47.0 Å². The summed E-state index contributed by atoms with van der Waals surface area (Å²) in [5, 5.41) is 2.78. The topological polar surface area (TPSA) is 93.7 Å². The molecule has 1 amide bonds. The minimum atomic E-state index is -3.64. The van der Waals surface area contributed by atoms with Gasteiger partial charge < -0.3 is 14.8 Å². The van der Waals surface area contributed by atoms with Crippen molar-refractivity contribution in [2.45, 2.75) is 64.0 Å². The summed E-state index contributed by atoms with van der Waals surface area (Å²) < 4.78 is 38.2. The highest BCUT2D eigenvalue weighted by molar-refractivity contribution is 7.89. The molecule has 1 aromatic rings. The molecule has 1 fully saturated rings. The van der Waals surface area contributed by atoms with Crippen molar-refractivity contribution in [3.8, 4) is 0 Å². The molecule has 1 aliphatic rings. The fourth-order valence-electron chi connectivity index (χ4n) is 4.02. The standard InChI is InChI=1S/C22H36N2O5S/c1-15(2)20-11-6-16(3)12-21(20)29-14-22(25)23-18-7-9-19(10-8-18)30(26,27)24-17(4)13-28-5/h7-10,15-17,20-21,24H,6,11-14H2,1-5H3,(H,23,25)/t16-,17-,20-,21+/m0/s1. The molecule has 1 saturated carbocycles. The molecule has 0 bridgehead atoms. The summed E-state index contributed by atoms with van der Waals surface area (Å²) in [6, 6.07) is 5.75. The molecule has 1 aliphatic carbocycles. The van der Waals surface area contributed by atoms with Gasteiger partial charge in [0, 0.05) is 18.8 Å². The maximum atomic E-state index is 12.4. The van der Waals surface area contributed by atoms with E-state index in [1.807, 2.05) is 0 Å². The molecule has 2 N–H and O–H groups in total. The molecule has 8 heteroatoms. The Balaban J connectivity index is 1.90. The Hall–Kier alpha value is -1.48. The predicted octanol–water partition coefficient (Wildman–Crippen LogP) is 3.42. The summed E-state index contributed by atoms with van der Waals surface area (Å²) >= 11 is 0. The first-order valence-electron chi connectivity index (χ1n) is 10.6. The van der Waals surface area contributed by atoms with Crippen LogP contribution in [0.5, 0.6) is 0 Å². The van der Waals surface area contributed by atoms with Crippen LogP contribution in [0.15, 0.2) is 29.2 Å². The average Bonchev–Trinajstić information content (AvgIpc) is 2.66. The second kappa shape index (κ2) is 11.2. The molecule has 0 aromatic heterocycles. The summed E-state index contributed by atoms with van der Waals surface area (Å²) in [5.74, 6) is 1.38. The van der Waals surface area contributed by atoms with Crippen LogP contribution in [-0.4, -0.2) is 46.8 Å². The lowest BCUT2D eigenvalue weighted by molar-refractivity contribution is -0.126. The number of hydrogen-bond donors (Lipinski definition) is 2. The zero-order valence-corrected chi connectivity index (χ0v) is 19.5. The Morgan fingerprint density at radius 2 is 1.83 bits per heavy atom. The number of methoxy groups -OCH3 is 1. The van der Waals surface area contributed by atoms with Crippen LogP contribution >= 0.6 is 0 Å². The maximum absolute atomic E-state index is 12.4. The monoisotopic (exact) mass is 440 g/mol. The maximum Gasteiger partial charge on any atom is 0.250 e. The molecule has 0 radical (unpaired) electrons. The van der Waals surface area contributed by atoms with Gasteiger partial charge in [0.05, 0.1) is 17.6 Å². The van der Waals surface area contributed by atoms with E-state index in [2.05, 4.69) is 30.8 Å². The van der Waals surface area contributed by atoms with Crippen LogP contribution < -0.4 is 10.0 Å². The minimum Gasteiger partial charge on any atom is -0.383 e. The van der Waals surface area contributed by atoms with Crippen molar-refractivity contribution in [3.63, 3.8) is 0 Å². The van der Waals surface area contributed by atoms with Gasteiger partial charge in [-0.25, -0.2) is 13.1 Å². The van der Waals surface area contributed by atoms with Crippen molar-refractivity contribution in [1.29, 1.82) is 0 Å². The lowest BCUT2D eigenvalue weighted by atomic mass is 9.75. The van der Waals surface area contributed by atoms with Gasteiger partial charge >= 0.3 is 0 Å². The predicted molar refractivity (Wildman–Crippen MR) is 118 cm³/mol. The lowest BCUT2D eigenvalue weighted by Gasteiger charge is -2.37. The number of carbonyl (C=O) groups is 1. The van der Waals surface area contributed by atoms with Gasteiger partial charge in [-0.1, -0.05) is 27.2 Å². The van der Waals surface area contributed by atoms with E-state index in [0.29, 0.717) is 23.4 Å². The van der Waals surface area contributed by atoms with E-state index >= 15 is 0 Å². The third-order valence-corrected chi connectivity index (χ3v) is 7.22. The van der Waals surface area contributed by atoms with Crippen molar-refractivity contribution >= 4 is 21.6 Å². The van der Waals surface area contributed by atoms with Crippen LogP contribution in [0.3, 0.4) is 0 Å². The molecular weight excluding hydrogens is 404 g/mol. The number of rotatable bonds is 10. The Kier molecular flexibility index (Phi) is 9.28. The van der Waals surface area contributed by atoms with Gasteiger partial charge in [-0.2, -0.15) is 0 Å². The van der Waals surface area contributed by atoms with Crippen LogP contribution in [0.25, 0.3) is 0 Å². The van der Waals surface area contributed by atoms with E-state index in [-0.39, 0.29) is 36.2 Å². The van der Waals surface area contributed by atoms with Crippen molar-refractivity contribution in [2.24, 2.45) is 17.8 Å². The molecule has 1 aromatic carbocycles. The van der Waals surface area contributed by atoms with Crippen LogP contribution in [-0.2, 0) is 24.3 Å². The largest absolute Gasteiger partial charge is 0.383 e. The van der Waals surface area contributed by atoms with Gasteiger partial charge in [-0.15, -0.1) is 0 Å². The number of ether oxygens (including phenoxy) is 2. The Morgan fingerprint density at radius 1 is 1.17 bits per heavy atom. The Morgan fingerprint density at radius 3 is 2.43 bits per heavy atom. The molecule has 30 heavy (non-hydrogen) atoms. The molecule has 0 spiro atoms. The first-order valence-corrected chi connectivity index (χ1v) is 12.1. The number of carbonyl (C=O) groups excluding carboxylic acids is 1. The molecule has 4 atom stereocenters. The van der Waals surface area contributed by atoms with Crippen molar-refractivity contribution in [3.05, 3.63) is 24.3 Å². The molecule has 7 nitrogen and oxygen atoms in total. The van der Waals surface area contributed by atoms with E-state index in [1.54, 1.807) is 19.1 Å². The third kappa shape index (κ3) is 7.34. The minimum absolute atomic E-state index is 0.00323. The fourth-order valence-corrected chi connectivity index (χ4v) is 5.25. The summed E-state index contributed by atoms with van der Waals surface area (Å²) in [5.41, 5.74) is 0.532. The van der Waals surface area contributed by atoms with E-state index in [1.165, 1.54) is 25.7 Å². The van der Waals surface area contributed by atoms with E-state index < -0.39 is 10.0 Å². The molecule has 170 valence electrons. The van der Waals surface area contributed by atoms with Gasteiger partial charge in [0.25, 0.3) is 0 Å². The highest BCUT2D eigenvalue weighted by Gasteiger charge is 2.31. The summed E-state index contributed by atoms with van der Waals surface area (Å²) in [6.07, 6.45) is 3.44. The van der Waals surface area contributed by atoms with Gasteiger partial charge in [0.15, 0.2) is 0 Å². The molecule has 2 rings (SSSR count). The van der Waals surface area contributed by atoms with E-state index in [4.69, 9.17) is 9.47 Å². The highest BCUT2D eigenvalue weighted by Crippen LogP contribution is 2.35. The molecular formula is C22H36N2O5S. The van der Waals surface area contributed by atoms with Gasteiger partial charge in [-0.05, 0) is 61.8 Å². The van der Waals surface area contributed by atoms with Crippen LogP contribution in [0.4, 0.5) is 5.69 Å². The smallest absolute Gasteiger partial charge is 0.250 e. The number of benzene rings is 1. The van der Waals surface area contributed by atoms with Crippen molar-refractivity contribution in [2.75, 3.05) is 25.6 Å². The second-order valence-corrected chi connectivity index (χ2v) is 10.4. The quantitative estimate of drug-likeness (QED) is 0.581. The summed E-state index contributed by atoms with van der Waals surface area (Å²) in [6.45, 7) is 8.65. The number of anilines is 1. The second-order valence-electron chi connectivity index (χ2n) is 8.73. The number of amides is 1. The Labute approximate surface area is 181 Å². The normalized spacial score (nSPS) is 23.3. The zero-order chi connectivity index (χ0) is 22.3. The van der Waals surface area contributed by atoms with Gasteiger partial charge in [-0.3, -0.25) is 4.79 Å². The van der Waals surface area contributed by atoms with Crippen molar-refractivity contribution < 1.29 is 22.7 Å². The van der Waals surface area contributed by atoms with Gasteiger partial charge in [0.2, 0.25) is 15.9 Å². The third-order valence-electron chi connectivity index (χ3n) is 5.61. The fraction of sp³-hybridized carbons (Fsp3) is 0.682. The zero-order valence-electron chi connectivity index (χ0n) is 18.7. The summed E-state index contributed by atoms with van der Waals surface area (Å²) in [7, 11) is -2.12. The lowest BCUT2D eigenvalue weighted by Crippen LogP contribution is -2.36. The number of nitrogens with one attached hydrogen (secondary N) is 2. The molecule has 0 heterocycles. The van der Waals surface area contributed by atoms with Crippen LogP contribution in [0.2, 0.25) is 0 Å². The SMILES string of the molecule is COC[C@H](C)NS(=O)(=O)c1ccc(NC(=O)CO[C@@H]2C[C@@H](C)CC[C@H]2C(C)C)cc1. The van der Waals surface area contributed by atoms with E-state index in [9.17, 15) is 13.2 Å². The summed E-state index contributed by atoms with van der Waals surface area (Å²) in [4.78, 5) is 12.5. The van der Waals surface area contributed by atoms with Crippen molar-refractivity contribution in [1.82, 2.24) is 4.72 Å². The average molecular weight is 441 g/mol. The molecule has 0 aliphatic heterocycles. The van der Waals surface area contributed by atoms with E-state index in [0.717, 1.165) is 12.8 Å². The number of hydrogen-bond acceptors (Lipinski definition) is 5. The first kappa shape index (κ1) is 24.8. The van der Waals surface area contributed by atoms with Crippen LogP contribution in [0, 0.1) is 17.8 Å². The first-order chi connectivity index (χ1) is 14.1.